The largest absolute Gasteiger partial charge is 0.870 e. The van der Waals surface area contributed by atoms with Gasteiger partial charge in [0.25, 0.3) is 0 Å². The van der Waals surface area contributed by atoms with Gasteiger partial charge in [-0.05, 0) is 6.92 Å². The van der Waals surface area contributed by atoms with E-state index in [1.807, 2.05) is 0 Å². The number of quaternary nitrogens is 2. The number of aliphatic hydroxyl groups is 1. The molecule has 0 aliphatic heterocycles. The molecule has 0 spiro atoms. The number of rotatable bonds is 1. The molecule has 11 heavy (non-hydrogen) atoms. The second-order valence-electron chi connectivity index (χ2n) is 0.995. The second kappa shape index (κ2) is 22.5. The Morgan fingerprint density at radius 3 is 1.55 bits per heavy atom. The molecule has 0 saturated heterocycles. The molecule has 8 heteroatoms. The summed E-state index contributed by atoms with van der Waals surface area (Å²) in [6, 6.07) is 0. The Balaban J connectivity index is -0.0000000125. The predicted octanol–water partition coefficient (Wildman–Crippen LogP) is -2.13. The molecular weight excluding hydrogens is 192 g/mol. The van der Waals surface area contributed by atoms with Crippen molar-refractivity contribution in [1.29, 1.82) is 0 Å². The second-order valence-corrected chi connectivity index (χ2v) is 0.995. The average molecular weight is 208 g/mol. The first-order chi connectivity index (χ1) is 2.64. The number of hydrogen-bond donors (Lipinski definition) is 3. The van der Waals surface area contributed by atoms with Gasteiger partial charge < -0.3 is 38.3 Å². The van der Waals surface area contributed by atoms with Crippen molar-refractivity contribution in [3.63, 3.8) is 0 Å². The first-order valence-corrected chi connectivity index (χ1v) is 1.53. The van der Waals surface area contributed by atoms with Crippen LogP contribution in [0.5, 0.6) is 0 Å². The SMILES string of the molecule is CC(O)C(=O)[O-].O.[NH4+].[NH4+].[OH-].[Ti]. The number of aliphatic hydroxyl groups excluding tert-OH is 1. The smallest absolute Gasteiger partial charge is 0.0905 e. The Morgan fingerprint density at radius 2 is 1.55 bits per heavy atom. The fraction of sp³-hybridized carbons (Fsp3) is 0.667. The maximum atomic E-state index is 9.34. The van der Waals surface area contributed by atoms with Gasteiger partial charge in [-0.25, -0.2) is 0 Å². The van der Waals surface area contributed by atoms with E-state index in [0.29, 0.717) is 0 Å². The first kappa shape index (κ1) is 44.1. The minimum Gasteiger partial charge on any atom is -0.870 e. The first-order valence-electron chi connectivity index (χ1n) is 1.53. The molecule has 1 atom stereocenters. The van der Waals surface area contributed by atoms with Gasteiger partial charge in [-0.15, -0.1) is 0 Å². The molecule has 0 heterocycles. The zero-order valence-corrected chi connectivity index (χ0v) is 8.35. The molecule has 0 amide bonds. The Hall–Kier alpha value is -0.0157. The number of carbonyl (C=O) groups is 1. The van der Waals surface area contributed by atoms with E-state index in [4.69, 9.17) is 5.11 Å². The summed E-state index contributed by atoms with van der Waals surface area (Å²) in [5.74, 6) is -1.44. The monoisotopic (exact) mass is 208 g/mol. The third-order valence-corrected chi connectivity index (χ3v) is 0.341. The van der Waals surface area contributed by atoms with Gasteiger partial charge in [0.2, 0.25) is 0 Å². The maximum absolute atomic E-state index is 9.34. The molecule has 1 unspecified atom stereocenters. The van der Waals surface area contributed by atoms with Crippen LogP contribution in [0.4, 0.5) is 0 Å². The van der Waals surface area contributed by atoms with E-state index in [9.17, 15) is 9.90 Å². The summed E-state index contributed by atoms with van der Waals surface area (Å²) in [5.41, 5.74) is 0. The fourth-order valence-corrected chi connectivity index (χ4v) is 0. The van der Waals surface area contributed by atoms with Gasteiger partial charge >= 0.3 is 0 Å². The van der Waals surface area contributed by atoms with E-state index in [2.05, 4.69) is 0 Å². The molecule has 0 aliphatic carbocycles. The van der Waals surface area contributed by atoms with Crippen molar-refractivity contribution < 1.29 is 47.7 Å². The van der Waals surface area contributed by atoms with Crippen molar-refractivity contribution in [2.24, 2.45) is 0 Å². The van der Waals surface area contributed by atoms with Crippen LogP contribution in [0.25, 0.3) is 0 Å². The van der Waals surface area contributed by atoms with Gasteiger partial charge in [-0.3, -0.25) is 0 Å². The Kier molecular flexibility index (Phi) is 90.2. The molecule has 12 N–H and O–H groups in total. The van der Waals surface area contributed by atoms with Gasteiger partial charge in [0.15, 0.2) is 0 Å². The summed E-state index contributed by atoms with van der Waals surface area (Å²) in [6.07, 6.45) is -1.34. The van der Waals surface area contributed by atoms with Crippen LogP contribution < -0.4 is 17.4 Å². The van der Waals surface area contributed by atoms with Crippen molar-refractivity contribution in [1.82, 2.24) is 12.3 Å². The van der Waals surface area contributed by atoms with Gasteiger partial charge in [-0.2, -0.15) is 0 Å². The summed E-state index contributed by atoms with van der Waals surface area (Å²) < 4.78 is 0. The molecule has 0 aromatic heterocycles. The number of carboxylic acid groups (broad SMARTS) is 1. The van der Waals surface area contributed by atoms with Gasteiger partial charge in [-0.1, -0.05) is 0 Å². The number of hydrogen-bond acceptors (Lipinski definition) is 4. The summed E-state index contributed by atoms with van der Waals surface area (Å²) in [4.78, 5) is 9.34. The van der Waals surface area contributed by atoms with Crippen molar-refractivity contribution in [2.45, 2.75) is 13.0 Å². The number of carboxylic acids is 1. The van der Waals surface area contributed by atoms with Crippen LogP contribution >= 0.6 is 0 Å². The molecule has 0 saturated carbocycles. The van der Waals surface area contributed by atoms with Gasteiger partial charge in [0.1, 0.15) is 0 Å². The van der Waals surface area contributed by atoms with Crippen molar-refractivity contribution in [2.75, 3.05) is 0 Å². The van der Waals surface area contributed by atoms with Crippen LogP contribution in [0.3, 0.4) is 0 Å². The molecule has 0 rings (SSSR count). The summed E-state index contributed by atoms with van der Waals surface area (Å²) >= 11 is 0. The van der Waals surface area contributed by atoms with E-state index in [0.717, 1.165) is 6.92 Å². The van der Waals surface area contributed by atoms with E-state index in [1.54, 1.807) is 0 Å². The molecule has 0 fully saturated rings. The molecule has 0 bridgehead atoms. The molecule has 0 radical (unpaired) electrons. The third-order valence-electron chi connectivity index (χ3n) is 0.341. The van der Waals surface area contributed by atoms with E-state index < -0.39 is 12.1 Å². The third kappa shape index (κ3) is 40.1. The summed E-state index contributed by atoms with van der Waals surface area (Å²) in [6.45, 7) is 1.13. The van der Waals surface area contributed by atoms with Crippen LogP contribution in [0.2, 0.25) is 0 Å². The fourth-order valence-electron chi connectivity index (χ4n) is 0. The zero-order valence-electron chi connectivity index (χ0n) is 6.79. The van der Waals surface area contributed by atoms with E-state index in [-0.39, 0.29) is 45.0 Å². The van der Waals surface area contributed by atoms with Crippen LogP contribution in [-0.2, 0) is 26.5 Å². The minimum atomic E-state index is -1.44. The van der Waals surface area contributed by atoms with Crippen molar-refractivity contribution in [3.05, 3.63) is 0 Å². The average Bonchev–Trinajstić information content (AvgIpc) is 1.36. The maximum Gasteiger partial charge on any atom is 0.0905 e. The molecule has 0 aliphatic rings. The summed E-state index contributed by atoms with van der Waals surface area (Å²) in [5, 5.41) is 17.3. The van der Waals surface area contributed by atoms with Crippen LogP contribution in [-0.4, -0.2) is 28.1 Å². The number of aliphatic carboxylic acids is 1. The number of carbonyl (C=O) groups excluding carboxylic acids is 1. The Morgan fingerprint density at radius 1 is 1.45 bits per heavy atom. The van der Waals surface area contributed by atoms with Gasteiger partial charge in [0.05, 0.1) is 12.1 Å². The molecule has 0 aromatic rings. The minimum absolute atomic E-state index is 0. The molecule has 7 nitrogen and oxygen atoms in total. The van der Waals surface area contributed by atoms with Crippen molar-refractivity contribution in [3.8, 4) is 0 Å². The van der Waals surface area contributed by atoms with Crippen LogP contribution in [0.1, 0.15) is 6.92 Å². The van der Waals surface area contributed by atoms with Crippen LogP contribution in [0.15, 0.2) is 0 Å². The van der Waals surface area contributed by atoms with E-state index in [1.165, 1.54) is 0 Å². The zero-order chi connectivity index (χ0) is 5.15. The standard InChI is InChI=1S/C3H6O3.2H3N.2H2O.Ti/c1-2(4)3(5)6;;;;;/h2,4H,1H3,(H,5,6);2*1H3;2*1H2;. The summed E-state index contributed by atoms with van der Waals surface area (Å²) in [7, 11) is 0. The Labute approximate surface area is 79.5 Å². The quantitative estimate of drug-likeness (QED) is 0.413. The van der Waals surface area contributed by atoms with Gasteiger partial charge in [0, 0.05) is 21.7 Å². The van der Waals surface area contributed by atoms with Crippen molar-refractivity contribution >= 4 is 5.97 Å². The molecule has 72 valence electrons. The Bertz CT molecular complexity index is 70.7. The van der Waals surface area contributed by atoms with Crippen LogP contribution in [0, 0.1) is 0 Å². The molecule has 0 aromatic carbocycles. The normalized spacial score (nSPS) is 7.45. The van der Waals surface area contributed by atoms with E-state index >= 15 is 0 Å². The topological polar surface area (TPSA) is 195 Å². The predicted molar refractivity (Wildman–Crippen MR) is 34.2 cm³/mol. The molecular formula is C3H16N2O5Ti.